The third-order valence-electron chi connectivity index (χ3n) is 3.24. The van der Waals surface area contributed by atoms with Crippen molar-refractivity contribution in [2.75, 3.05) is 19.8 Å². The lowest BCUT2D eigenvalue weighted by atomic mass is 9.87. The normalized spacial score (nSPS) is 38.2. The summed E-state index contributed by atoms with van der Waals surface area (Å²) in [6.45, 7) is 2.21. The van der Waals surface area contributed by atoms with Crippen LogP contribution in [0.15, 0.2) is 12.7 Å². The Morgan fingerprint density at radius 2 is 2.00 bits per heavy atom. The zero-order valence-electron chi connectivity index (χ0n) is 11.5. The van der Waals surface area contributed by atoms with Crippen molar-refractivity contribution in [1.82, 2.24) is 5.48 Å². The van der Waals surface area contributed by atoms with Crippen molar-refractivity contribution in [3.63, 3.8) is 0 Å². The number of ether oxygens (including phenoxy) is 1. The number of hydrogen-bond donors (Lipinski definition) is 7. The second kappa shape index (κ2) is 8.13. The summed E-state index contributed by atoms with van der Waals surface area (Å²) in [7, 11) is 0. The number of hydroxylamine groups is 1. The van der Waals surface area contributed by atoms with Gasteiger partial charge < -0.3 is 35.4 Å². The molecule has 9 nitrogen and oxygen atoms in total. The first-order valence-corrected chi connectivity index (χ1v) is 6.54. The van der Waals surface area contributed by atoms with E-state index in [-0.39, 0.29) is 6.61 Å². The van der Waals surface area contributed by atoms with Gasteiger partial charge >= 0.3 is 0 Å². The summed E-state index contributed by atoms with van der Waals surface area (Å²) in [6.07, 6.45) is -4.60. The molecule has 7 N–H and O–H groups in total. The summed E-state index contributed by atoms with van der Waals surface area (Å²) in [5.41, 5.74) is 2.34. The molecule has 21 heavy (non-hydrogen) atoms. The highest BCUT2D eigenvalue weighted by atomic mass is 16.7. The fraction of sp³-hybridized carbons (Fsp3) is 0.833. The minimum absolute atomic E-state index is 0.0569. The van der Waals surface area contributed by atoms with E-state index in [0.717, 1.165) is 0 Å². The van der Waals surface area contributed by atoms with E-state index in [1.165, 1.54) is 6.08 Å². The molecule has 0 aromatic heterocycles. The van der Waals surface area contributed by atoms with E-state index in [9.17, 15) is 20.4 Å². The molecule has 0 bridgehead atoms. The molecule has 1 fully saturated rings. The number of hydrogen-bond acceptors (Lipinski definition) is 9. The average Bonchev–Trinajstić information content (AvgIpc) is 2.46. The fourth-order valence-corrected chi connectivity index (χ4v) is 2.17. The molecule has 2 unspecified atom stereocenters. The third kappa shape index (κ3) is 4.42. The molecule has 1 rings (SSSR count). The summed E-state index contributed by atoms with van der Waals surface area (Å²) in [4.78, 5) is 4.93. The lowest BCUT2D eigenvalue weighted by molar-refractivity contribution is -0.338. The van der Waals surface area contributed by atoms with Gasteiger partial charge in [-0.25, -0.2) is 0 Å². The van der Waals surface area contributed by atoms with Gasteiger partial charge in [0.05, 0.1) is 25.9 Å². The molecular formula is C12H23NO8. The number of nitrogens with one attached hydrogen (secondary N) is 1. The van der Waals surface area contributed by atoms with Crippen LogP contribution in [0, 0.1) is 0 Å². The van der Waals surface area contributed by atoms with Gasteiger partial charge in [-0.2, -0.15) is 5.48 Å². The predicted octanol–water partition coefficient (Wildman–Crippen LogP) is -3.39. The zero-order chi connectivity index (χ0) is 16.0. The number of aliphatic hydroxyl groups excluding tert-OH is 5. The predicted molar refractivity (Wildman–Crippen MR) is 69.7 cm³/mol. The molecule has 0 aromatic carbocycles. The highest BCUT2D eigenvalue weighted by Crippen LogP contribution is 2.31. The van der Waals surface area contributed by atoms with E-state index in [4.69, 9.17) is 19.8 Å². The number of aliphatic hydroxyl groups is 6. The van der Waals surface area contributed by atoms with Crippen molar-refractivity contribution in [3.8, 4) is 0 Å². The molecule has 1 heterocycles. The molecule has 0 amide bonds. The van der Waals surface area contributed by atoms with E-state index in [1.807, 2.05) is 0 Å². The van der Waals surface area contributed by atoms with Gasteiger partial charge in [-0.1, -0.05) is 6.08 Å². The van der Waals surface area contributed by atoms with Crippen LogP contribution in [-0.2, 0) is 9.57 Å². The van der Waals surface area contributed by atoms with E-state index < -0.39 is 55.9 Å². The minimum Gasteiger partial charge on any atom is -0.394 e. The Bertz CT molecular complexity index is 330. The van der Waals surface area contributed by atoms with Gasteiger partial charge in [0.15, 0.2) is 5.79 Å². The Hall–Kier alpha value is -0.620. The molecule has 1 aliphatic rings. The summed E-state index contributed by atoms with van der Waals surface area (Å²) in [6, 6.07) is -1.31. The Morgan fingerprint density at radius 1 is 1.33 bits per heavy atom. The fourth-order valence-electron chi connectivity index (χ4n) is 2.17. The minimum atomic E-state index is -2.16. The van der Waals surface area contributed by atoms with Crippen LogP contribution in [0.25, 0.3) is 0 Å². The molecule has 1 aliphatic heterocycles. The molecule has 6 atom stereocenters. The number of rotatable bonds is 8. The summed E-state index contributed by atoms with van der Waals surface area (Å²) < 4.78 is 5.18. The van der Waals surface area contributed by atoms with Crippen molar-refractivity contribution in [1.29, 1.82) is 0 Å². The van der Waals surface area contributed by atoms with Crippen LogP contribution in [0.1, 0.15) is 6.42 Å². The Balaban J connectivity index is 2.91. The largest absolute Gasteiger partial charge is 0.394 e. The van der Waals surface area contributed by atoms with Crippen molar-refractivity contribution in [2.45, 2.75) is 42.7 Å². The Kier molecular flexibility index (Phi) is 7.13. The van der Waals surface area contributed by atoms with E-state index >= 15 is 0 Å². The topological polar surface area (TPSA) is 152 Å². The van der Waals surface area contributed by atoms with Crippen molar-refractivity contribution >= 4 is 0 Å². The maximum absolute atomic E-state index is 10.5. The molecule has 0 spiro atoms. The smallest absolute Gasteiger partial charge is 0.189 e. The maximum atomic E-state index is 10.5. The lowest BCUT2D eigenvalue weighted by Crippen LogP contribution is -2.70. The molecule has 1 saturated heterocycles. The molecule has 0 aromatic rings. The van der Waals surface area contributed by atoms with Crippen molar-refractivity contribution in [2.24, 2.45) is 0 Å². The highest BCUT2D eigenvalue weighted by Gasteiger charge is 2.54. The van der Waals surface area contributed by atoms with Gasteiger partial charge in [-0.15, -0.1) is 6.58 Å². The van der Waals surface area contributed by atoms with Gasteiger partial charge in [0.25, 0.3) is 0 Å². The van der Waals surface area contributed by atoms with Gasteiger partial charge in [-0.05, 0) is 0 Å². The molecule has 9 heteroatoms. The van der Waals surface area contributed by atoms with E-state index in [1.54, 1.807) is 0 Å². The lowest BCUT2D eigenvalue weighted by Gasteiger charge is -2.48. The van der Waals surface area contributed by atoms with Gasteiger partial charge in [0, 0.05) is 6.42 Å². The Labute approximate surface area is 122 Å². The Morgan fingerprint density at radius 3 is 2.52 bits per heavy atom. The molecule has 0 radical (unpaired) electrons. The van der Waals surface area contributed by atoms with E-state index in [2.05, 4.69) is 12.1 Å². The highest BCUT2D eigenvalue weighted by molar-refractivity contribution is 5.00. The molecule has 0 aliphatic carbocycles. The molecule has 0 saturated carbocycles. The van der Waals surface area contributed by atoms with Crippen LogP contribution in [-0.4, -0.2) is 86.7 Å². The van der Waals surface area contributed by atoms with Crippen LogP contribution in [0.4, 0.5) is 0 Å². The van der Waals surface area contributed by atoms with Gasteiger partial charge in [0.2, 0.25) is 0 Å². The maximum Gasteiger partial charge on any atom is 0.189 e. The summed E-state index contributed by atoms with van der Waals surface area (Å²) >= 11 is 0. The van der Waals surface area contributed by atoms with Crippen LogP contribution in [0.2, 0.25) is 0 Å². The SMILES string of the molecule is C=CCON[C@@H]1[C@@H](O)[C@H](O)[C@@H](CO)OC1(O)CC(O)CO. The van der Waals surface area contributed by atoms with Crippen LogP contribution in [0.3, 0.4) is 0 Å². The monoisotopic (exact) mass is 309 g/mol. The van der Waals surface area contributed by atoms with Gasteiger partial charge in [-0.3, -0.25) is 4.84 Å². The first-order valence-electron chi connectivity index (χ1n) is 6.54. The van der Waals surface area contributed by atoms with Crippen LogP contribution >= 0.6 is 0 Å². The zero-order valence-corrected chi connectivity index (χ0v) is 11.5. The summed E-state index contributed by atoms with van der Waals surface area (Å²) in [5.74, 6) is -2.16. The molecular weight excluding hydrogens is 286 g/mol. The van der Waals surface area contributed by atoms with Crippen LogP contribution in [0.5, 0.6) is 0 Å². The molecule has 124 valence electrons. The quantitative estimate of drug-likeness (QED) is 0.138. The second-order valence-electron chi connectivity index (χ2n) is 4.90. The van der Waals surface area contributed by atoms with Crippen molar-refractivity contribution in [3.05, 3.63) is 12.7 Å². The standard InChI is InChI=1S/C12H23NO8/c1-2-3-20-13-11-10(18)9(17)8(6-15)21-12(11,19)4-7(16)5-14/h2,7-11,13-19H,1,3-6H2/t7?,8-,9-,10+,11-,12?/m1/s1. The first kappa shape index (κ1) is 18.4. The van der Waals surface area contributed by atoms with Gasteiger partial charge in [0.1, 0.15) is 24.4 Å². The summed E-state index contributed by atoms with van der Waals surface area (Å²) in [5, 5.41) is 57.8. The average molecular weight is 309 g/mol. The first-order chi connectivity index (χ1) is 9.89. The van der Waals surface area contributed by atoms with Crippen LogP contribution < -0.4 is 5.48 Å². The second-order valence-corrected chi connectivity index (χ2v) is 4.90. The van der Waals surface area contributed by atoms with Crippen molar-refractivity contribution < 1.29 is 40.2 Å². The third-order valence-corrected chi connectivity index (χ3v) is 3.24. The van der Waals surface area contributed by atoms with E-state index in [0.29, 0.717) is 0 Å².